The van der Waals surface area contributed by atoms with Gasteiger partial charge in [-0.15, -0.1) is 0 Å². The number of benzene rings is 8. The van der Waals surface area contributed by atoms with Gasteiger partial charge in [0.25, 0.3) is 0 Å². The van der Waals surface area contributed by atoms with Crippen molar-refractivity contribution in [1.29, 1.82) is 0 Å². The molecule has 0 fully saturated rings. The fourth-order valence-electron chi connectivity index (χ4n) is 8.93. The summed E-state index contributed by atoms with van der Waals surface area (Å²) in [7, 11) is -3.42. The van der Waals surface area contributed by atoms with Crippen molar-refractivity contribution in [2.24, 2.45) is 0 Å². The van der Waals surface area contributed by atoms with Gasteiger partial charge in [-0.2, -0.15) is 0 Å². The lowest BCUT2D eigenvalue weighted by atomic mass is 9.63. The maximum Gasteiger partial charge on any atom is 0.171 e. The van der Waals surface area contributed by atoms with Gasteiger partial charge in [-0.1, -0.05) is 133 Å². The minimum absolute atomic E-state index is 0.720. The average molecular weight is 714 g/mol. The predicted molar refractivity (Wildman–Crippen MR) is 220 cm³/mol. The van der Waals surface area contributed by atoms with Crippen molar-refractivity contribution >= 4 is 62.1 Å². The number of furan rings is 1. The quantitative estimate of drug-likeness (QED) is 0.170. The van der Waals surface area contributed by atoms with Gasteiger partial charge in [0.1, 0.15) is 22.7 Å². The number of rotatable bonds is 4. The average Bonchev–Trinajstić information content (AvgIpc) is 3.61. The third kappa shape index (κ3) is 4.23. The molecule has 0 bridgehead atoms. The van der Waals surface area contributed by atoms with E-state index in [2.05, 4.69) is 126 Å². The predicted octanol–water partition coefficient (Wildman–Crippen LogP) is 11.5. The smallest absolute Gasteiger partial charge is 0.171 e. The number of ether oxygens (including phenoxy) is 1. The highest BCUT2D eigenvalue weighted by Gasteiger charge is 2.55. The fraction of sp³-hybridized carbons (Fsp3) is 0.0204. The fourth-order valence-corrected chi connectivity index (χ4v) is 12.1. The Morgan fingerprint density at radius 2 is 1.04 bits per heavy atom. The van der Waals surface area contributed by atoms with Crippen LogP contribution in [0.1, 0.15) is 22.3 Å². The SMILES string of the molecule is O=P1(c2ccccc2)c2ccccc2C2(c3ccccc3Oc3cc(N(c4ccccc4)c4ccccc4)ccc32)c2cc3c(cc21)oc1ccccc13. The molecule has 0 saturated carbocycles. The van der Waals surface area contributed by atoms with Crippen LogP contribution in [0.3, 0.4) is 0 Å². The van der Waals surface area contributed by atoms with Crippen LogP contribution in [0.15, 0.2) is 199 Å². The lowest BCUT2D eigenvalue weighted by Gasteiger charge is -2.47. The Balaban J connectivity index is 1.27. The molecule has 4 nitrogen and oxygen atoms in total. The molecule has 3 heterocycles. The monoisotopic (exact) mass is 713 g/mol. The van der Waals surface area contributed by atoms with Crippen LogP contribution in [-0.4, -0.2) is 0 Å². The van der Waals surface area contributed by atoms with Gasteiger partial charge < -0.3 is 18.6 Å². The molecule has 9 aromatic rings. The lowest BCUT2D eigenvalue weighted by molar-refractivity contribution is 0.435. The molecule has 11 rings (SSSR count). The Morgan fingerprint density at radius 1 is 0.426 bits per heavy atom. The molecule has 0 amide bonds. The molecule has 0 saturated heterocycles. The Bertz CT molecular complexity index is 2920. The molecule has 8 aromatic carbocycles. The van der Waals surface area contributed by atoms with Gasteiger partial charge in [0, 0.05) is 60.9 Å². The van der Waals surface area contributed by atoms with Crippen molar-refractivity contribution < 1.29 is 13.7 Å². The summed E-state index contributed by atoms with van der Waals surface area (Å²) < 4.78 is 29.9. The molecule has 5 heteroatoms. The van der Waals surface area contributed by atoms with E-state index < -0.39 is 12.6 Å². The van der Waals surface area contributed by atoms with Crippen LogP contribution < -0.4 is 25.6 Å². The summed E-state index contributed by atoms with van der Waals surface area (Å²) in [6, 6.07) is 66.4. The highest BCUT2D eigenvalue weighted by atomic mass is 31.2. The normalized spacial score (nSPS) is 18.0. The van der Waals surface area contributed by atoms with E-state index in [1.807, 2.05) is 72.8 Å². The number of fused-ring (bicyclic) bond motifs is 11. The Kier molecular flexibility index (Phi) is 6.71. The second-order valence-electron chi connectivity index (χ2n) is 14.0. The summed E-state index contributed by atoms with van der Waals surface area (Å²) in [6.07, 6.45) is 0. The minimum atomic E-state index is -3.42. The van der Waals surface area contributed by atoms with E-state index in [1.54, 1.807) is 0 Å². The molecule has 256 valence electrons. The van der Waals surface area contributed by atoms with E-state index in [4.69, 9.17) is 9.15 Å². The zero-order valence-corrected chi connectivity index (χ0v) is 30.0. The summed E-state index contributed by atoms with van der Waals surface area (Å²) in [6.45, 7) is 0. The molecular weight excluding hydrogens is 682 g/mol. The highest BCUT2D eigenvalue weighted by Crippen LogP contribution is 2.62. The van der Waals surface area contributed by atoms with E-state index in [9.17, 15) is 0 Å². The second kappa shape index (κ2) is 11.7. The van der Waals surface area contributed by atoms with Crippen LogP contribution in [0.25, 0.3) is 21.9 Å². The first-order valence-corrected chi connectivity index (χ1v) is 19.9. The lowest BCUT2D eigenvalue weighted by Crippen LogP contribution is -2.48. The third-order valence-corrected chi connectivity index (χ3v) is 14.3. The van der Waals surface area contributed by atoms with Gasteiger partial charge in [-0.3, -0.25) is 0 Å². The highest BCUT2D eigenvalue weighted by molar-refractivity contribution is 7.85. The summed E-state index contributed by atoms with van der Waals surface area (Å²) in [5, 5.41) is 4.41. The van der Waals surface area contributed by atoms with Gasteiger partial charge in [-0.25, -0.2) is 0 Å². The number of nitrogens with zero attached hydrogens (tertiary/aromatic N) is 1. The molecule has 0 radical (unpaired) electrons. The molecule has 2 aliphatic rings. The van der Waals surface area contributed by atoms with Crippen molar-refractivity contribution in [3.8, 4) is 11.5 Å². The van der Waals surface area contributed by atoms with Crippen LogP contribution in [-0.2, 0) is 9.98 Å². The van der Waals surface area contributed by atoms with Gasteiger partial charge in [-0.05, 0) is 65.7 Å². The standard InChI is InChI=1S/C49H32NO3P/c51-54(36-20-8-3-9-21-36)47-27-15-12-24-41(47)49(42-31-38-37-22-10-13-25-43(37)52-45(38)32-48(42)54)39-23-11-14-26-44(39)53-46-30-35(28-29-40(46)49)50(33-16-4-1-5-17-33)34-18-6-2-7-19-34/h1-32H. The summed E-state index contributed by atoms with van der Waals surface area (Å²) in [4.78, 5) is 2.25. The van der Waals surface area contributed by atoms with E-state index in [1.165, 1.54) is 0 Å². The Hall–Kier alpha value is -6.61. The van der Waals surface area contributed by atoms with Crippen LogP contribution >= 0.6 is 7.14 Å². The first-order chi connectivity index (χ1) is 26.7. The molecule has 1 aromatic heterocycles. The van der Waals surface area contributed by atoms with Crippen molar-refractivity contribution in [2.45, 2.75) is 5.41 Å². The minimum Gasteiger partial charge on any atom is -0.457 e. The van der Waals surface area contributed by atoms with Crippen molar-refractivity contribution in [3.63, 3.8) is 0 Å². The van der Waals surface area contributed by atoms with E-state index in [0.29, 0.717) is 0 Å². The van der Waals surface area contributed by atoms with Crippen molar-refractivity contribution in [1.82, 2.24) is 0 Å². The first kappa shape index (κ1) is 31.0. The van der Waals surface area contributed by atoms with Gasteiger partial charge in [0.2, 0.25) is 0 Å². The maximum absolute atomic E-state index is 16.4. The number of anilines is 3. The molecule has 0 N–H and O–H groups in total. The van der Waals surface area contributed by atoms with E-state index in [0.717, 1.165) is 88.7 Å². The number of hydrogen-bond donors (Lipinski definition) is 0. The molecule has 2 atom stereocenters. The van der Waals surface area contributed by atoms with E-state index >= 15 is 4.57 Å². The maximum atomic E-state index is 16.4. The topological polar surface area (TPSA) is 42.7 Å². The van der Waals surface area contributed by atoms with Gasteiger partial charge in [0.15, 0.2) is 7.14 Å². The van der Waals surface area contributed by atoms with E-state index in [-0.39, 0.29) is 0 Å². The third-order valence-electron chi connectivity index (χ3n) is 11.2. The van der Waals surface area contributed by atoms with Crippen LogP contribution in [0, 0.1) is 0 Å². The molecule has 1 spiro atoms. The number of hydrogen-bond acceptors (Lipinski definition) is 4. The first-order valence-electron chi connectivity index (χ1n) is 18.2. The van der Waals surface area contributed by atoms with Gasteiger partial charge >= 0.3 is 0 Å². The molecule has 54 heavy (non-hydrogen) atoms. The van der Waals surface area contributed by atoms with Crippen LogP contribution in [0.2, 0.25) is 0 Å². The molecule has 2 aliphatic heterocycles. The zero-order valence-electron chi connectivity index (χ0n) is 29.1. The largest absolute Gasteiger partial charge is 0.457 e. The molecular formula is C49H32NO3P. The van der Waals surface area contributed by atoms with Gasteiger partial charge in [0.05, 0.1) is 5.41 Å². The van der Waals surface area contributed by atoms with Crippen LogP contribution in [0.5, 0.6) is 11.5 Å². The second-order valence-corrected chi connectivity index (χ2v) is 16.7. The van der Waals surface area contributed by atoms with Crippen LogP contribution in [0.4, 0.5) is 17.1 Å². The van der Waals surface area contributed by atoms with Crippen molar-refractivity contribution in [2.75, 3.05) is 4.90 Å². The summed E-state index contributed by atoms with van der Waals surface area (Å²) >= 11 is 0. The van der Waals surface area contributed by atoms with Crippen molar-refractivity contribution in [3.05, 3.63) is 216 Å². The summed E-state index contributed by atoms with van der Waals surface area (Å²) in [5.74, 6) is 1.51. The summed E-state index contributed by atoms with van der Waals surface area (Å²) in [5.41, 5.74) is 7.67. The Morgan fingerprint density at radius 3 is 1.80 bits per heavy atom. The molecule has 0 aliphatic carbocycles. The number of para-hydroxylation sites is 4. The zero-order chi connectivity index (χ0) is 35.9. The Labute approximate surface area is 312 Å². The molecule has 2 unspecified atom stereocenters.